The molecule has 2 fully saturated rings. The molecule has 1 saturated heterocycles. The second kappa shape index (κ2) is 4.66. The molecule has 2 N–H and O–H groups in total. The monoisotopic (exact) mass is 224 g/mol. The maximum Gasteiger partial charge on any atom is 0.0226 e. The predicted molar refractivity (Wildman–Crippen MR) is 69.5 cm³/mol. The molecule has 1 heterocycles. The normalized spacial score (nSPS) is 27.2. The van der Waals surface area contributed by atoms with Crippen LogP contribution in [-0.4, -0.2) is 30.1 Å². The molecule has 2 heteroatoms. The lowest BCUT2D eigenvalue weighted by molar-refractivity contribution is 0.0592. The van der Waals surface area contributed by atoms with Gasteiger partial charge in [-0.15, -0.1) is 0 Å². The van der Waals surface area contributed by atoms with Crippen molar-refractivity contribution in [3.63, 3.8) is 0 Å². The van der Waals surface area contributed by atoms with Gasteiger partial charge in [-0.2, -0.15) is 0 Å². The van der Waals surface area contributed by atoms with E-state index in [-0.39, 0.29) is 5.54 Å². The van der Waals surface area contributed by atoms with E-state index in [4.69, 9.17) is 5.73 Å². The zero-order chi connectivity index (χ0) is 11.6. The van der Waals surface area contributed by atoms with Gasteiger partial charge in [0.2, 0.25) is 0 Å². The average Bonchev–Trinajstić information content (AvgIpc) is 2.22. The molecular weight excluding hydrogens is 196 g/mol. The molecule has 0 unspecified atom stereocenters. The van der Waals surface area contributed by atoms with Crippen LogP contribution in [0.3, 0.4) is 0 Å². The van der Waals surface area contributed by atoms with E-state index in [0.717, 1.165) is 12.0 Å². The van der Waals surface area contributed by atoms with E-state index in [9.17, 15) is 0 Å². The molecule has 0 radical (unpaired) electrons. The second-order valence-electron chi connectivity index (χ2n) is 6.83. The number of piperidine rings is 1. The number of likely N-dealkylation sites (tertiary alicyclic amines) is 1. The van der Waals surface area contributed by atoms with Gasteiger partial charge in [-0.25, -0.2) is 0 Å². The van der Waals surface area contributed by atoms with Crippen LogP contribution in [0, 0.1) is 5.41 Å². The molecule has 1 spiro atoms. The van der Waals surface area contributed by atoms with E-state index in [0.29, 0.717) is 0 Å². The number of nitrogens with two attached hydrogens (primary N) is 1. The van der Waals surface area contributed by atoms with Crippen LogP contribution in [0.1, 0.15) is 58.8 Å². The molecule has 0 aromatic rings. The third kappa shape index (κ3) is 3.21. The zero-order valence-electron chi connectivity index (χ0n) is 11.1. The quantitative estimate of drug-likeness (QED) is 0.781. The maximum absolute atomic E-state index is 6.09. The van der Waals surface area contributed by atoms with Crippen molar-refractivity contribution in [1.29, 1.82) is 0 Å². The molecular formula is C14H28N2. The molecule has 0 bridgehead atoms. The van der Waals surface area contributed by atoms with Crippen molar-refractivity contribution in [2.45, 2.75) is 64.3 Å². The highest BCUT2D eigenvalue weighted by Gasteiger charge is 2.35. The molecule has 0 atom stereocenters. The Hall–Kier alpha value is -0.0800. The van der Waals surface area contributed by atoms with Crippen molar-refractivity contribution in [3.05, 3.63) is 0 Å². The average molecular weight is 224 g/mol. The Morgan fingerprint density at radius 3 is 2.06 bits per heavy atom. The molecule has 1 aliphatic carbocycles. The van der Waals surface area contributed by atoms with E-state index in [1.807, 2.05) is 0 Å². The summed E-state index contributed by atoms with van der Waals surface area (Å²) in [7, 11) is 0. The SMILES string of the molecule is CC(C)(N)CN1CCC2(CCCCC2)CC1. The lowest BCUT2D eigenvalue weighted by Gasteiger charge is -2.45. The van der Waals surface area contributed by atoms with Gasteiger partial charge >= 0.3 is 0 Å². The largest absolute Gasteiger partial charge is 0.324 e. The topological polar surface area (TPSA) is 29.3 Å². The van der Waals surface area contributed by atoms with Crippen LogP contribution in [0.15, 0.2) is 0 Å². The minimum atomic E-state index is -0.0307. The fourth-order valence-corrected chi connectivity index (χ4v) is 3.56. The van der Waals surface area contributed by atoms with E-state index in [1.54, 1.807) is 0 Å². The lowest BCUT2D eigenvalue weighted by Crippen LogP contribution is -2.49. The molecule has 16 heavy (non-hydrogen) atoms. The Bertz CT molecular complexity index is 213. The van der Waals surface area contributed by atoms with Gasteiger partial charge in [0.15, 0.2) is 0 Å². The first-order chi connectivity index (χ1) is 7.49. The summed E-state index contributed by atoms with van der Waals surface area (Å²) in [5, 5.41) is 0. The van der Waals surface area contributed by atoms with Crippen LogP contribution >= 0.6 is 0 Å². The van der Waals surface area contributed by atoms with E-state index in [2.05, 4.69) is 18.7 Å². The number of nitrogens with zero attached hydrogens (tertiary/aromatic N) is 1. The summed E-state index contributed by atoms with van der Waals surface area (Å²) >= 11 is 0. The molecule has 2 rings (SSSR count). The molecule has 1 saturated carbocycles. The summed E-state index contributed by atoms with van der Waals surface area (Å²) in [5.74, 6) is 0. The molecule has 0 amide bonds. The summed E-state index contributed by atoms with van der Waals surface area (Å²) in [6, 6.07) is 0. The molecule has 94 valence electrons. The van der Waals surface area contributed by atoms with Gasteiger partial charge < -0.3 is 10.6 Å². The predicted octanol–water partition coefficient (Wildman–Crippen LogP) is 2.77. The van der Waals surface area contributed by atoms with Gasteiger partial charge in [0.05, 0.1) is 0 Å². The van der Waals surface area contributed by atoms with E-state index < -0.39 is 0 Å². The summed E-state index contributed by atoms with van der Waals surface area (Å²) < 4.78 is 0. The van der Waals surface area contributed by atoms with Crippen molar-refractivity contribution >= 4 is 0 Å². The first kappa shape index (κ1) is 12.4. The van der Waals surface area contributed by atoms with Crippen LogP contribution in [0.2, 0.25) is 0 Å². The highest BCUT2D eigenvalue weighted by Crippen LogP contribution is 2.44. The lowest BCUT2D eigenvalue weighted by atomic mass is 9.68. The van der Waals surface area contributed by atoms with Crippen molar-refractivity contribution in [2.24, 2.45) is 11.1 Å². The van der Waals surface area contributed by atoms with E-state index in [1.165, 1.54) is 58.0 Å². The Labute approximate surface area is 101 Å². The van der Waals surface area contributed by atoms with Gasteiger partial charge in [0.1, 0.15) is 0 Å². The summed E-state index contributed by atoms with van der Waals surface area (Å²) in [4.78, 5) is 2.57. The fraction of sp³-hybridized carbons (Fsp3) is 1.00. The first-order valence-electron chi connectivity index (χ1n) is 7.01. The standard InChI is InChI=1S/C14H28N2/c1-13(2,15)12-16-10-8-14(9-11-16)6-4-3-5-7-14/h3-12,15H2,1-2H3. The van der Waals surface area contributed by atoms with Crippen molar-refractivity contribution in [2.75, 3.05) is 19.6 Å². The van der Waals surface area contributed by atoms with Crippen molar-refractivity contribution in [3.8, 4) is 0 Å². The highest BCUT2D eigenvalue weighted by molar-refractivity contribution is 4.90. The Morgan fingerprint density at radius 2 is 1.56 bits per heavy atom. The van der Waals surface area contributed by atoms with Crippen molar-refractivity contribution < 1.29 is 0 Å². The van der Waals surface area contributed by atoms with Crippen LogP contribution in [0.4, 0.5) is 0 Å². The van der Waals surface area contributed by atoms with Gasteiger partial charge in [-0.05, 0) is 58.0 Å². The molecule has 0 aromatic heterocycles. The Morgan fingerprint density at radius 1 is 1.00 bits per heavy atom. The second-order valence-corrected chi connectivity index (χ2v) is 6.83. The van der Waals surface area contributed by atoms with Gasteiger partial charge in [0.25, 0.3) is 0 Å². The Kier molecular flexibility index (Phi) is 3.60. The summed E-state index contributed by atoms with van der Waals surface area (Å²) in [6.45, 7) is 7.89. The van der Waals surface area contributed by atoms with Gasteiger partial charge in [-0.3, -0.25) is 0 Å². The minimum absolute atomic E-state index is 0.0307. The molecule has 2 nitrogen and oxygen atoms in total. The summed E-state index contributed by atoms with van der Waals surface area (Å²) in [6.07, 6.45) is 10.2. The number of rotatable bonds is 2. The van der Waals surface area contributed by atoms with Gasteiger partial charge in [-0.1, -0.05) is 19.3 Å². The van der Waals surface area contributed by atoms with Gasteiger partial charge in [0, 0.05) is 12.1 Å². The third-order valence-corrected chi connectivity index (χ3v) is 4.46. The first-order valence-corrected chi connectivity index (χ1v) is 7.01. The maximum atomic E-state index is 6.09. The van der Waals surface area contributed by atoms with Crippen molar-refractivity contribution in [1.82, 2.24) is 4.90 Å². The zero-order valence-corrected chi connectivity index (χ0v) is 11.1. The number of hydrogen-bond donors (Lipinski definition) is 1. The smallest absolute Gasteiger partial charge is 0.0226 e. The van der Waals surface area contributed by atoms with Crippen LogP contribution in [0.25, 0.3) is 0 Å². The number of hydrogen-bond acceptors (Lipinski definition) is 2. The van der Waals surface area contributed by atoms with Crippen LogP contribution in [-0.2, 0) is 0 Å². The minimum Gasteiger partial charge on any atom is -0.324 e. The van der Waals surface area contributed by atoms with E-state index >= 15 is 0 Å². The molecule has 2 aliphatic rings. The summed E-state index contributed by atoms with van der Waals surface area (Å²) in [5.41, 5.74) is 6.79. The highest BCUT2D eigenvalue weighted by atomic mass is 15.1. The van der Waals surface area contributed by atoms with Crippen LogP contribution in [0.5, 0.6) is 0 Å². The van der Waals surface area contributed by atoms with Crippen LogP contribution < -0.4 is 5.73 Å². The fourth-order valence-electron chi connectivity index (χ4n) is 3.56. The molecule has 0 aromatic carbocycles. The third-order valence-electron chi connectivity index (χ3n) is 4.46. The molecule has 1 aliphatic heterocycles. The Balaban J connectivity index is 1.82.